The van der Waals surface area contributed by atoms with Crippen molar-refractivity contribution in [3.63, 3.8) is 0 Å². The van der Waals surface area contributed by atoms with Crippen molar-refractivity contribution in [1.29, 1.82) is 0 Å². The largest absolute Gasteiger partial charge is 0.288 e. The van der Waals surface area contributed by atoms with Crippen molar-refractivity contribution in [1.82, 2.24) is 4.57 Å². The van der Waals surface area contributed by atoms with Crippen LogP contribution in [0.15, 0.2) is 41.2 Å². The molecule has 2 nitrogen and oxygen atoms in total. The van der Waals surface area contributed by atoms with E-state index in [9.17, 15) is 4.79 Å². The maximum atomic E-state index is 12.6. The Labute approximate surface area is 125 Å². The zero-order chi connectivity index (χ0) is 14.3. The Bertz CT molecular complexity index is 895. The quantitative estimate of drug-likeness (QED) is 0.448. The lowest BCUT2D eigenvalue weighted by Crippen LogP contribution is -2.09. The summed E-state index contributed by atoms with van der Waals surface area (Å²) >= 11 is 12.0. The van der Waals surface area contributed by atoms with Crippen molar-refractivity contribution >= 4 is 45.0 Å². The van der Waals surface area contributed by atoms with Crippen molar-refractivity contribution in [3.8, 4) is 12.0 Å². The second kappa shape index (κ2) is 4.86. The van der Waals surface area contributed by atoms with E-state index >= 15 is 0 Å². The van der Waals surface area contributed by atoms with Crippen molar-refractivity contribution in [2.45, 2.75) is 6.92 Å². The number of fused-ring (bicyclic) bond motifs is 2. The van der Waals surface area contributed by atoms with Gasteiger partial charge in [-0.15, -0.1) is 0 Å². The standard InChI is InChI=1S/C16H9Cl2NO/c1-2-7-19-14-5-3-10(17)8-12(14)16(20)13-9-11(18)4-6-15(13)19/h3-6,8-9H,1H3. The lowest BCUT2D eigenvalue weighted by atomic mass is 10.1. The van der Waals surface area contributed by atoms with E-state index in [4.69, 9.17) is 23.2 Å². The zero-order valence-corrected chi connectivity index (χ0v) is 12.1. The summed E-state index contributed by atoms with van der Waals surface area (Å²) in [5.74, 6) is 2.86. The second-order valence-corrected chi connectivity index (χ2v) is 5.22. The Morgan fingerprint density at radius 1 is 0.950 bits per heavy atom. The third kappa shape index (κ3) is 1.96. The summed E-state index contributed by atoms with van der Waals surface area (Å²) in [4.78, 5) is 12.6. The molecule has 98 valence electrons. The van der Waals surface area contributed by atoms with Crippen LogP contribution in [-0.4, -0.2) is 4.57 Å². The number of halogens is 2. The molecule has 2 aromatic carbocycles. The van der Waals surface area contributed by atoms with Gasteiger partial charge < -0.3 is 0 Å². The minimum Gasteiger partial charge on any atom is -0.288 e. The predicted octanol–water partition coefficient (Wildman–Crippen LogP) is 4.29. The molecule has 20 heavy (non-hydrogen) atoms. The fourth-order valence-electron chi connectivity index (χ4n) is 2.28. The number of rotatable bonds is 0. The van der Waals surface area contributed by atoms with Crippen LogP contribution in [0.4, 0.5) is 0 Å². The molecule has 4 heteroatoms. The Morgan fingerprint density at radius 2 is 1.45 bits per heavy atom. The van der Waals surface area contributed by atoms with Gasteiger partial charge >= 0.3 is 0 Å². The van der Waals surface area contributed by atoms with E-state index in [1.165, 1.54) is 0 Å². The van der Waals surface area contributed by atoms with Crippen molar-refractivity contribution in [2.75, 3.05) is 0 Å². The highest BCUT2D eigenvalue weighted by atomic mass is 35.5. The van der Waals surface area contributed by atoms with Gasteiger partial charge in [0.25, 0.3) is 0 Å². The van der Waals surface area contributed by atoms with E-state index in [0.29, 0.717) is 20.8 Å². The van der Waals surface area contributed by atoms with E-state index < -0.39 is 0 Å². The number of hydrogen-bond donors (Lipinski definition) is 0. The molecule has 0 N–H and O–H groups in total. The minimum absolute atomic E-state index is 0.0887. The van der Waals surface area contributed by atoms with Crippen LogP contribution in [0.3, 0.4) is 0 Å². The number of benzene rings is 2. The van der Waals surface area contributed by atoms with Crippen LogP contribution < -0.4 is 5.43 Å². The van der Waals surface area contributed by atoms with Gasteiger partial charge in [0.1, 0.15) is 0 Å². The average molecular weight is 302 g/mol. The molecule has 3 aromatic rings. The molecule has 0 radical (unpaired) electrons. The number of nitrogens with zero attached hydrogens (tertiary/aromatic N) is 1. The first kappa shape index (κ1) is 13.1. The van der Waals surface area contributed by atoms with Crippen LogP contribution in [-0.2, 0) is 0 Å². The van der Waals surface area contributed by atoms with E-state index in [2.05, 4.69) is 12.0 Å². The highest BCUT2D eigenvalue weighted by molar-refractivity contribution is 6.32. The molecule has 0 spiro atoms. The Balaban J connectivity index is 2.67. The molecular weight excluding hydrogens is 293 g/mol. The summed E-state index contributed by atoms with van der Waals surface area (Å²) < 4.78 is 1.79. The highest BCUT2D eigenvalue weighted by Gasteiger charge is 2.10. The van der Waals surface area contributed by atoms with E-state index in [0.717, 1.165) is 11.0 Å². The minimum atomic E-state index is -0.0887. The maximum Gasteiger partial charge on any atom is 0.197 e. The van der Waals surface area contributed by atoms with Crippen LogP contribution in [0.2, 0.25) is 10.0 Å². The molecule has 0 fully saturated rings. The Kier molecular flexibility index (Phi) is 3.17. The van der Waals surface area contributed by atoms with Gasteiger partial charge in [0.15, 0.2) is 5.43 Å². The van der Waals surface area contributed by atoms with Crippen LogP contribution >= 0.6 is 23.2 Å². The summed E-state index contributed by atoms with van der Waals surface area (Å²) in [5.41, 5.74) is 1.39. The van der Waals surface area contributed by atoms with Gasteiger partial charge in [-0.2, -0.15) is 0 Å². The summed E-state index contributed by atoms with van der Waals surface area (Å²) in [5, 5.41) is 2.11. The zero-order valence-electron chi connectivity index (χ0n) is 10.6. The molecule has 3 rings (SSSR count). The van der Waals surface area contributed by atoms with Gasteiger partial charge in [-0.25, -0.2) is 0 Å². The second-order valence-electron chi connectivity index (χ2n) is 4.35. The predicted molar refractivity (Wildman–Crippen MR) is 84.6 cm³/mol. The average Bonchev–Trinajstić information content (AvgIpc) is 2.44. The molecule has 1 heterocycles. The van der Waals surface area contributed by atoms with Crippen molar-refractivity contribution in [3.05, 3.63) is 56.7 Å². The third-order valence-corrected chi connectivity index (χ3v) is 3.58. The molecule has 0 bridgehead atoms. The van der Waals surface area contributed by atoms with Gasteiger partial charge in [0.05, 0.1) is 11.0 Å². The molecule has 0 saturated heterocycles. The highest BCUT2D eigenvalue weighted by Crippen LogP contribution is 2.23. The summed E-state index contributed by atoms with van der Waals surface area (Å²) in [6.07, 6.45) is 0. The van der Waals surface area contributed by atoms with Crippen LogP contribution in [0.1, 0.15) is 6.92 Å². The van der Waals surface area contributed by atoms with Gasteiger partial charge in [-0.05, 0) is 43.3 Å². The lowest BCUT2D eigenvalue weighted by molar-refractivity contribution is 1.23. The fourth-order valence-corrected chi connectivity index (χ4v) is 2.62. The monoisotopic (exact) mass is 301 g/mol. The number of aromatic nitrogens is 1. The topological polar surface area (TPSA) is 22.0 Å². The molecule has 0 unspecified atom stereocenters. The van der Waals surface area contributed by atoms with Crippen LogP contribution in [0.5, 0.6) is 0 Å². The number of pyridine rings is 1. The van der Waals surface area contributed by atoms with Crippen molar-refractivity contribution in [2.24, 2.45) is 0 Å². The van der Waals surface area contributed by atoms with Gasteiger partial charge in [-0.3, -0.25) is 9.36 Å². The third-order valence-electron chi connectivity index (χ3n) is 3.11. The lowest BCUT2D eigenvalue weighted by Gasteiger charge is -2.09. The molecular formula is C16H9Cl2NO. The van der Waals surface area contributed by atoms with E-state index in [-0.39, 0.29) is 5.43 Å². The Morgan fingerprint density at radius 3 is 1.90 bits per heavy atom. The SMILES string of the molecule is CC#Cn1c2ccc(Cl)cc2c(=O)c2cc(Cl)ccc21. The smallest absolute Gasteiger partial charge is 0.197 e. The van der Waals surface area contributed by atoms with Crippen LogP contribution in [0, 0.1) is 12.0 Å². The fraction of sp³-hybridized carbons (Fsp3) is 0.0625. The molecule has 0 atom stereocenters. The van der Waals surface area contributed by atoms with Crippen LogP contribution in [0.25, 0.3) is 21.8 Å². The normalized spacial score (nSPS) is 10.6. The van der Waals surface area contributed by atoms with Gasteiger partial charge in [0.2, 0.25) is 0 Å². The van der Waals surface area contributed by atoms with E-state index in [1.807, 2.05) is 0 Å². The van der Waals surface area contributed by atoms with Gasteiger partial charge in [-0.1, -0.05) is 29.1 Å². The van der Waals surface area contributed by atoms with Crippen molar-refractivity contribution < 1.29 is 0 Å². The van der Waals surface area contributed by atoms with E-state index in [1.54, 1.807) is 47.9 Å². The number of hydrogen-bond acceptors (Lipinski definition) is 1. The first-order valence-corrected chi connectivity index (χ1v) is 6.73. The maximum absolute atomic E-state index is 12.6. The Hall–Kier alpha value is -1.95. The first-order valence-electron chi connectivity index (χ1n) is 5.98. The molecule has 0 aliphatic carbocycles. The summed E-state index contributed by atoms with van der Waals surface area (Å²) in [7, 11) is 0. The molecule has 0 aliphatic heterocycles. The molecule has 0 amide bonds. The molecule has 1 aromatic heterocycles. The molecule has 0 saturated carbocycles. The summed E-state index contributed by atoms with van der Waals surface area (Å²) in [6.45, 7) is 1.75. The first-order chi connectivity index (χ1) is 9.61. The summed E-state index contributed by atoms with van der Waals surface area (Å²) in [6, 6.07) is 13.4. The van der Waals surface area contributed by atoms with Gasteiger partial charge in [0, 0.05) is 26.9 Å². The molecule has 0 aliphatic rings.